The Bertz CT molecular complexity index is 415. The normalized spacial score (nSPS) is 18.5. The number of nitrogens with one attached hydrogen (secondary N) is 2. The first-order valence-electron chi connectivity index (χ1n) is 7.53. The summed E-state index contributed by atoms with van der Waals surface area (Å²) in [4.78, 5) is 6.74. The second kappa shape index (κ2) is 9.02. The largest absolute Gasteiger partial charge is 0.379 e. The summed E-state index contributed by atoms with van der Waals surface area (Å²) in [6.45, 7) is 8.97. The number of hydrogen-bond donors (Lipinski definition) is 2. The topological polar surface area (TPSA) is 48.9 Å². The number of rotatable bonds is 6. The van der Waals surface area contributed by atoms with Crippen LogP contribution < -0.4 is 10.6 Å². The monoisotopic (exact) mass is 310 g/mol. The van der Waals surface area contributed by atoms with Crippen LogP contribution in [0.4, 0.5) is 0 Å². The second-order valence-corrected chi connectivity index (χ2v) is 6.24. The summed E-state index contributed by atoms with van der Waals surface area (Å²) in [6.07, 6.45) is 0. The van der Waals surface area contributed by atoms with E-state index in [-0.39, 0.29) is 0 Å². The maximum atomic E-state index is 5.38. The Labute approximate surface area is 131 Å². The average Bonchev–Trinajstić information content (AvgIpc) is 3.02. The Kier molecular flexibility index (Phi) is 6.99. The molecule has 6 heteroatoms. The number of nitrogens with zero attached hydrogens (tertiary/aromatic N) is 2. The fourth-order valence-corrected chi connectivity index (χ4v) is 3.03. The quantitative estimate of drug-likeness (QED) is 0.616. The van der Waals surface area contributed by atoms with E-state index >= 15 is 0 Å². The molecule has 0 bridgehead atoms. The van der Waals surface area contributed by atoms with Crippen LogP contribution >= 0.6 is 11.3 Å². The molecular weight excluding hydrogens is 284 g/mol. The maximum absolute atomic E-state index is 5.38. The zero-order valence-corrected chi connectivity index (χ0v) is 13.8. The van der Waals surface area contributed by atoms with Crippen LogP contribution in [0, 0.1) is 5.92 Å². The molecule has 0 aliphatic carbocycles. The molecule has 1 unspecified atom stereocenters. The molecule has 1 saturated heterocycles. The van der Waals surface area contributed by atoms with Crippen molar-refractivity contribution >= 4 is 17.3 Å². The summed E-state index contributed by atoms with van der Waals surface area (Å²) in [5.74, 6) is 1.46. The van der Waals surface area contributed by atoms with Gasteiger partial charge in [-0.3, -0.25) is 9.89 Å². The fraction of sp³-hybridized carbons (Fsp3) is 0.667. The van der Waals surface area contributed by atoms with Gasteiger partial charge in [-0.2, -0.15) is 11.3 Å². The van der Waals surface area contributed by atoms with Crippen molar-refractivity contribution in [2.45, 2.75) is 13.5 Å². The van der Waals surface area contributed by atoms with Gasteiger partial charge in [-0.15, -0.1) is 0 Å². The van der Waals surface area contributed by atoms with Crippen molar-refractivity contribution < 1.29 is 4.74 Å². The molecule has 1 aromatic rings. The lowest BCUT2D eigenvalue weighted by atomic mass is 10.1. The number of ether oxygens (including phenoxy) is 1. The molecule has 2 heterocycles. The number of thiophene rings is 1. The molecule has 2 N–H and O–H groups in total. The number of aliphatic imine (C=N–C) groups is 1. The Morgan fingerprint density at radius 3 is 2.90 bits per heavy atom. The SMILES string of the molecule is CN=C(NCc1ccsc1)NCC(C)CN1CCOCC1. The Morgan fingerprint density at radius 1 is 1.43 bits per heavy atom. The van der Waals surface area contributed by atoms with E-state index < -0.39 is 0 Å². The summed E-state index contributed by atoms with van der Waals surface area (Å²) in [7, 11) is 1.82. The van der Waals surface area contributed by atoms with Gasteiger partial charge >= 0.3 is 0 Å². The lowest BCUT2D eigenvalue weighted by Gasteiger charge is -2.29. The lowest BCUT2D eigenvalue weighted by Crippen LogP contribution is -2.43. The predicted octanol–water partition coefficient (Wildman–Crippen LogP) is 1.38. The van der Waals surface area contributed by atoms with Crippen molar-refractivity contribution in [3.05, 3.63) is 22.4 Å². The molecule has 2 rings (SSSR count). The van der Waals surface area contributed by atoms with Crippen molar-refractivity contribution in [3.8, 4) is 0 Å². The number of hydrogen-bond acceptors (Lipinski definition) is 4. The van der Waals surface area contributed by atoms with Crippen molar-refractivity contribution in [1.29, 1.82) is 0 Å². The van der Waals surface area contributed by atoms with Gasteiger partial charge in [-0.1, -0.05) is 6.92 Å². The summed E-state index contributed by atoms with van der Waals surface area (Å²) >= 11 is 1.72. The molecule has 1 atom stereocenters. The van der Waals surface area contributed by atoms with Crippen LogP contribution in [0.25, 0.3) is 0 Å². The van der Waals surface area contributed by atoms with E-state index in [1.165, 1.54) is 5.56 Å². The molecule has 0 saturated carbocycles. The predicted molar refractivity (Wildman–Crippen MR) is 88.9 cm³/mol. The molecule has 0 aromatic carbocycles. The highest BCUT2D eigenvalue weighted by atomic mass is 32.1. The zero-order valence-electron chi connectivity index (χ0n) is 13.0. The first-order valence-corrected chi connectivity index (χ1v) is 8.48. The molecule has 1 aliphatic rings. The van der Waals surface area contributed by atoms with Gasteiger partial charge in [0.25, 0.3) is 0 Å². The van der Waals surface area contributed by atoms with Crippen molar-refractivity contribution in [1.82, 2.24) is 15.5 Å². The zero-order chi connectivity index (χ0) is 14.9. The fourth-order valence-electron chi connectivity index (χ4n) is 2.36. The third kappa shape index (κ3) is 6.03. The van der Waals surface area contributed by atoms with Gasteiger partial charge in [-0.25, -0.2) is 0 Å². The Morgan fingerprint density at radius 2 is 2.24 bits per heavy atom. The molecule has 118 valence electrons. The molecule has 1 aromatic heterocycles. The third-order valence-corrected chi connectivity index (χ3v) is 4.29. The standard InChI is InChI=1S/C15H26N4OS/c1-13(11-19-4-6-20-7-5-19)9-17-15(16-2)18-10-14-3-8-21-12-14/h3,8,12-13H,4-7,9-11H2,1-2H3,(H2,16,17,18). The molecule has 21 heavy (non-hydrogen) atoms. The molecule has 1 fully saturated rings. The van der Waals surface area contributed by atoms with Crippen LogP contribution in [-0.4, -0.2) is 57.3 Å². The van der Waals surface area contributed by atoms with Crippen LogP contribution in [0.3, 0.4) is 0 Å². The van der Waals surface area contributed by atoms with Crippen LogP contribution in [-0.2, 0) is 11.3 Å². The highest BCUT2D eigenvalue weighted by molar-refractivity contribution is 7.07. The first kappa shape index (κ1) is 16.3. The van der Waals surface area contributed by atoms with E-state index in [1.807, 2.05) is 7.05 Å². The van der Waals surface area contributed by atoms with Gasteiger partial charge in [0, 0.05) is 39.8 Å². The highest BCUT2D eigenvalue weighted by Crippen LogP contribution is 2.05. The highest BCUT2D eigenvalue weighted by Gasteiger charge is 2.13. The van der Waals surface area contributed by atoms with E-state index in [4.69, 9.17) is 4.74 Å². The van der Waals surface area contributed by atoms with E-state index in [2.05, 4.69) is 44.3 Å². The van der Waals surface area contributed by atoms with Gasteiger partial charge in [0.2, 0.25) is 0 Å². The molecule has 1 aliphatic heterocycles. The summed E-state index contributed by atoms with van der Waals surface area (Å²) in [5, 5.41) is 11.0. The maximum Gasteiger partial charge on any atom is 0.191 e. The summed E-state index contributed by atoms with van der Waals surface area (Å²) in [5.41, 5.74) is 1.30. The van der Waals surface area contributed by atoms with Crippen LogP contribution in [0.5, 0.6) is 0 Å². The van der Waals surface area contributed by atoms with E-state index in [0.29, 0.717) is 5.92 Å². The van der Waals surface area contributed by atoms with E-state index in [1.54, 1.807) is 11.3 Å². The van der Waals surface area contributed by atoms with Crippen molar-refractivity contribution in [2.24, 2.45) is 10.9 Å². The summed E-state index contributed by atoms with van der Waals surface area (Å²) in [6, 6.07) is 2.13. The van der Waals surface area contributed by atoms with Crippen LogP contribution in [0.2, 0.25) is 0 Å². The molecular formula is C15H26N4OS. The molecule has 0 spiro atoms. The minimum Gasteiger partial charge on any atom is -0.379 e. The van der Waals surface area contributed by atoms with Crippen LogP contribution in [0.15, 0.2) is 21.8 Å². The minimum absolute atomic E-state index is 0.586. The number of morpholine rings is 1. The smallest absolute Gasteiger partial charge is 0.191 e. The van der Waals surface area contributed by atoms with Crippen molar-refractivity contribution in [2.75, 3.05) is 46.4 Å². The second-order valence-electron chi connectivity index (χ2n) is 5.46. The number of guanidine groups is 1. The Hall–Kier alpha value is -1.11. The van der Waals surface area contributed by atoms with Gasteiger partial charge in [0.05, 0.1) is 13.2 Å². The van der Waals surface area contributed by atoms with Crippen molar-refractivity contribution in [3.63, 3.8) is 0 Å². The van der Waals surface area contributed by atoms with Gasteiger partial charge < -0.3 is 15.4 Å². The third-order valence-electron chi connectivity index (χ3n) is 3.56. The van der Waals surface area contributed by atoms with Crippen LogP contribution in [0.1, 0.15) is 12.5 Å². The summed E-state index contributed by atoms with van der Waals surface area (Å²) < 4.78 is 5.38. The van der Waals surface area contributed by atoms with E-state index in [9.17, 15) is 0 Å². The molecule has 0 amide bonds. The van der Waals surface area contributed by atoms with Gasteiger partial charge in [0.15, 0.2) is 5.96 Å². The Balaban J connectivity index is 1.64. The average molecular weight is 310 g/mol. The van der Waals surface area contributed by atoms with Gasteiger partial charge in [0.1, 0.15) is 0 Å². The first-order chi connectivity index (χ1) is 10.3. The molecule has 0 radical (unpaired) electrons. The minimum atomic E-state index is 0.586. The van der Waals surface area contributed by atoms with E-state index in [0.717, 1.165) is 51.9 Å². The lowest BCUT2D eigenvalue weighted by molar-refractivity contribution is 0.0320. The van der Waals surface area contributed by atoms with Gasteiger partial charge in [-0.05, 0) is 28.3 Å². The molecule has 5 nitrogen and oxygen atoms in total.